The second-order valence-electron chi connectivity index (χ2n) is 5.20. The second-order valence-corrected chi connectivity index (χ2v) is 6.39. The molecule has 0 spiro atoms. The molecule has 1 aromatic heterocycles. The lowest BCUT2D eigenvalue weighted by Crippen LogP contribution is -2.19. The van der Waals surface area contributed by atoms with Gasteiger partial charge in [0.1, 0.15) is 12.3 Å². The van der Waals surface area contributed by atoms with Gasteiger partial charge in [-0.05, 0) is 42.5 Å². The number of ether oxygens (including phenoxy) is 1. The monoisotopic (exact) mass is 409 g/mol. The van der Waals surface area contributed by atoms with E-state index in [-0.39, 0.29) is 29.8 Å². The first-order valence-corrected chi connectivity index (χ1v) is 8.67. The van der Waals surface area contributed by atoms with Crippen LogP contribution >= 0.6 is 35.4 Å². The van der Waals surface area contributed by atoms with Crippen LogP contribution in [0.5, 0.6) is 5.75 Å². The third kappa shape index (κ3) is 4.85. The van der Waals surface area contributed by atoms with Gasteiger partial charge in [0.15, 0.2) is 6.61 Å². The Hall–Kier alpha value is -2.35. The van der Waals surface area contributed by atoms with Crippen LogP contribution in [0.1, 0.15) is 5.89 Å². The van der Waals surface area contributed by atoms with Crippen LogP contribution in [0, 0.1) is 4.84 Å². The molecule has 1 amide bonds. The summed E-state index contributed by atoms with van der Waals surface area (Å²) in [6.07, 6.45) is 0. The van der Waals surface area contributed by atoms with E-state index in [9.17, 15) is 4.79 Å². The normalized spacial score (nSPS) is 10.5. The molecule has 0 saturated carbocycles. The molecule has 2 aromatic carbocycles. The summed E-state index contributed by atoms with van der Waals surface area (Å²) in [4.78, 5) is 12.2. The summed E-state index contributed by atoms with van der Waals surface area (Å²) in [6, 6.07) is 14.0. The molecule has 6 nitrogen and oxygen atoms in total. The van der Waals surface area contributed by atoms with Crippen LogP contribution in [0.4, 0.5) is 5.69 Å². The zero-order chi connectivity index (χ0) is 18.5. The molecule has 3 aromatic rings. The van der Waals surface area contributed by atoms with Gasteiger partial charge in [-0.25, -0.2) is 4.68 Å². The summed E-state index contributed by atoms with van der Waals surface area (Å²) in [5, 5.41) is 7.77. The predicted molar refractivity (Wildman–Crippen MR) is 101 cm³/mol. The molecule has 1 heterocycles. The number of benzene rings is 2. The van der Waals surface area contributed by atoms with Gasteiger partial charge >= 0.3 is 0 Å². The third-order valence-corrected chi connectivity index (χ3v) is 4.07. The predicted octanol–water partition coefficient (Wildman–Crippen LogP) is 4.73. The van der Waals surface area contributed by atoms with Gasteiger partial charge in [-0.2, -0.15) is 0 Å². The zero-order valence-corrected chi connectivity index (χ0v) is 15.6. The first kappa shape index (κ1) is 18.4. The summed E-state index contributed by atoms with van der Waals surface area (Å²) in [5.41, 5.74) is 0.688. The van der Waals surface area contributed by atoms with E-state index in [0.717, 1.165) is 0 Å². The number of amides is 1. The molecule has 0 aliphatic rings. The fourth-order valence-corrected chi connectivity index (χ4v) is 2.76. The largest absolute Gasteiger partial charge is 0.482 e. The van der Waals surface area contributed by atoms with Crippen LogP contribution in [0.15, 0.2) is 52.9 Å². The van der Waals surface area contributed by atoms with Gasteiger partial charge < -0.3 is 14.5 Å². The molecule has 26 heavy (non-hydrogen) atoms. The van der Waals surface area contributed by atoms with Gasteiger partial charge in [0.2, 0.25) is 5.91 Å². The lowest BCUT2D eigenvalue weighted by atomic mass is 10.3. The molecule has 9 heteroatoms. The Labute approximate surface area is 164 Å². The maximum absolute atomic E-state index is 12.1. The van der Waals surface area contributed by atoms with E-state index >= 15 is 0 Å². The minimum absolute atomic E-state index is 0.0122. The van der Waals surface area contributed by atoms with Gasteiger partial charge in [0.05, 0.1) is 5.02 Å². The molecule has 0 saturated heterocycles. The molecule has 0 aliphatic heterocycles. The van der Waals surface area contributed by atoms with Crippen molar-refractivity contribution in [2.75, 3.05) is 5.32 Å². The number of hydrogen-bond donors (Lipinski definition) is 1. The molecule has 1 N–H and O–H groups in total. The standard InChI is InChI=1S/C17H13Cl2N3O3S/c18-11-6-7-14(13(19)8-11)24-10-16-21-22(17(26)25-16)9-15(23)20-12-4-2-1-3-5-12/h1-8H,9-10H2,(H,20,23). The Bertz CT molecular complexity index is 973. The minimum atomic E-state index is -0.270. The van der Waals surface area contributed by atoms with Gasteiger partial charge in [-0.3, -0.25) is 4.79 Å². The number of nitrogens with zero attached hydrogens (tertiary/aromatic N) is 2. The van der Waals surface area contributed by atoms with Crippen molar-refractivity contribution in [3.8, 4) is 5.75 Å². The average Bonchev–Trinajstić information content (AvgIpc) is 2.94. The molecule has 0 fully saturated rings. The number of carbonyl (C=O) groups excluding carboxylic acids is 1. The second kappa shape index (κ2) is 8.35. The van der Waals surface area contributed by atoms with Crippen molar-refractivity contribution in [1.29, 1.82) is 0 Å². The lowest BCUT2D eigenvalue weighted by Gasteiger charge is -2.05. The first-order valence-electron chi connectivity index (χ1n) is 7.51. The van der Waals surface area contributed by atoms with E-state index < -0.39 is 0 Å². The van der Waals surface area contributed by atoms with Gasteiger partial charge in [0, 0.05) is 10.7 Å². The van der Waals surface area contributed by atoms with Crippen LogP contribution in [-0.2, 0) is 17.9 Å². The molecule has 0 radical (unpaired) electrons. The van der Waals surface area contributed by atoms with Crippen LogP contribution in [0.25, 0.3) is 0 Å². The van der Waals surface area contributed by atoms with Crippen LogP contribution in [0.3, 0.4) is 0 Å². The number of aromatic nitrogens is 2. The maximum Gasteiger partial charge on any atom is 0.287 e. The van der Waals surface area contributed by atoms with Crippen molar-refractivity contribution in [3.05, 3.63) is 69.3 Å². The van der Waals surface area contributed by atoms with Gasteiger partial charge in [-0.1, -0.05) is 41.4 Å². The highest BCUT2D eigenvalue weighted by Gasteiger charge is 2.11. The highest BCUT2D eigenvalue weighted by molar-refractivity contribution is 7.71. The van der Waals surface area contributed by atoms with Crippen LogP contribution in [0.2, 0.25) is 10.0 Å². The molecular formula is C17H13Cl2N3O3S. The number of rotatable bonds is 6. The molecule has 3 rings (SSSR count). The van der Waals surface area contributed by atoms with E-state index in [0.29, 0.717) is 21.5 Å². The molecule has 0 aliphatic carbocycles. The molecule has 0 unspecified atom stereocenters. The fraction of sp³-hybridized carbons (Fsp3) is 0.118. The molecule has 134 valence electrons. The number of anilines is 1. The van der Waals surface area contributed by atoms with E-state index in [1.807, 2.05) is 18.2 Å². The minimum Gasteiger partial charge on any atom is -0.482 e. The Morgan fingerprint density at radius 2 is 2.00 bits per heavy atom. The Balaban J connectivity index is 1.61. The van der Waals surface area contributed by atoms with Crippen molar-refractivity contribution in [2.24, 2.45) is 0 Å². The SMILES string of the molecule is O=C(Cn1nc(COc2ccc(Cl)cc2Cl)oc1=S)Nc1ccccc1. The quantitative estimate of drug-likeness (QED) is 0.595. The van der Waals surface area contributed by atoms with E-state index in [2.05, 4.69) is 10.4 Å². The maximum atomic E-state index is 12.1. The molecule has 0 bridgehead atoms. The zero-order valence-electron chi connectivity index (χ0n) is 13.3. The van der Waals surface area contributed by atoms with Crippen LogP contribution < -0.4 is 10.1 Å². The fourth-order valence-electron chi connectivity index (χ4n) is 2.10. The first-order chi connectivity index (χ1) is 12.5. The van der Waals surface area contributed by atoms with E-state index in [1.165, 1.54) is 4.68 Å². The Morgan fingerprint density at radius 1 is 1.23 bits per heavy atom. The van der Waals surface area contributed by atoms with E-state index in [1.54, 1.807) is 30.3 Å². The van der Waals surface area contributed by atoms with Gasteiger partial charge in [-0.15, -0.1) is 5.10 Å². The smallest absolute Gasteiger partial charge is 0.287 e. The van der Waals surface area contributed by atoms with Crippen molar-refractivity contribution in [3.63, 3.8) is 0 Å². The summed E-state index contributed by atoms with van der Waals surface area (Å²) in [6.45, 7) is -0.0583. The number of nitrogens with one attached hydrogen (secondary N) is 1. The Morgan fingerprint density at radius 3 is 2.73 bits per heavy atom. The third-order valence-electron chi connectivity index (χ3n) is 3.24. The number of carbonyl (C=O) groups is 1. The number of halogens is 2. The van der Waals surface area contributed by atoms with Crippen molar-refractivity contribution >= 4 is 47.0 Å². The summed E-state index contributed by atoms with van der Waals surface area (Å²) >= 11 is 17.0. The van der Waals surface area contributed by atoms with Crippen molar-refractivity contribution in [2.45, 2.75) is 13.2 Å². The highest BCUT2D eigenvalue weighted by Crippen LogP contribution is 2.28. The van der Waals surface area contributed by atoms with E-state index in [4.69, 9.17) is 44.6 Å². The Kier molecular flexibility index (Phi) is 5.92. The molecular weight excluding hydrogens is 397 g/mol. The molecule has 0 atom stereocenters. The number of hydrogen-bond acceptors (Lipinski definition) is 5. The topological polar surface area (TPSA) is 69.3 Å². The summed E-state index contributed by atoms with van der Waals surface area (Å²) in [7, 11) is 0. The van der Waals surface area contributed by atoms with Crippen LogP contribution in [-0.4, -0.2) is 15.7 Å². The summed E-state index contributed by atoms with van der Waals surface area (Å²) in [5.74, 6) is 0.399. The average molecular weight is 410 g/mol. The van der Waals surface area contributed by atoms with Crippen molar-refractivity contribution < 1.29 is 13.9 Å². The summed E-state index contributed by atoms with van der Waals surface area (Å²) < 4.78 is 12.2. The lowest BCUT2D eigenvalue weighted by molar-refractivity contribution is -0.117. The van der Waals surface area contributed by atoms with Crippen molar-refractivity contribution in [1.82, 2.24) is 9.78 Å². The highest BCUT2D eigenvalue weighted by atomic mass is 35.5. The number of para-hydroxylation sites is 1. The van der Waals surface area contributed by atoms with Gasteiger partial charge in [0.25, 0.3) is 10.7 Å².